The van der Waals surface area contributed by atoms with Gasteiger partial charge in [0.25, 0.3) is 0 Å². The van der Waals surface area contributed by atoms with Gasteiger partial charge in [-0.2, -0.15) is 0 Å². The first-order chi connectivity index (χ1) is 16.1. The van der Waals surface area contributed by atoms with E-state index in [1.165, 1.54) is 43.3 Å². The number of aromatic hydroxyl groups is 2. The minimum Gasteiger partial charge on any atom is -0.508 e. The Labute approximate surface area is 196 Å². The van der Waals surface area contributed by atoms with Crippen molar-refractivity contribution in [3.63, 3.8) is 0 Å². The van der Waals surface area contributed by atoms with Crippen LogP contribution in [-0.4, -0.2) is 63.7 Å². The topological polar surface area (TPSA) is 191 Å². The quantitative estimate of drug-likeness (QED) is 0.225. The maximum absolute atomic E-state index is 12.8. The molecule has 0 aliphatic carbocycles. The highest BCUT2D eigenvalue weighted by molar-refractivity contribution is 5.93. The molecule has 3 unspecified atom stereocenters. The Balaban J connectivity index is 2.04. The monoisotopic (exact) mass is 472 g/mol. The fourth-order valence-corrected chi connectivity index (χ4v) is 3.07. The minimum atomic E-state index is -1.26. The molecule has 0 heterocycles. The van der Waals surface area contributed by atoms with Gasteiger partial charge in [0.2, 0.25) is 17.7 Å². The van der Waals surface area contributed by atoms with Crippen molar-refractivity contribution < 1.29 is 34.5 Å². The van der Waals surface area contributed by atoms with Crippen LogP contribution in [0.2, 0.25) is 0 Å². The summed E-state index contributed by atoms with van der Waals surface area (Å²) in [6.45, 7) is 1.04. The van der Waals surface area contributed by atoms with Crippen LogP contribution in [0.5, 0.6) is 11.5 Å². The first-order valence-electron chi connectivity index (χ1n) is 10.5. The average molecular weight is 472 g/mol. The van der Waals surface area contributed by atoms with E-state index in [-0.39, 0.29) is 30.9 Å². The molecule has 0 spiro atoms. The number of hydrogen-bond acceptors (Lipinski definition) is 7. The molecule has 11 nitrogen and oxygen atoms in total. The number of carbonyl (C=O) groups excluding carboxylic acids is 3. The van der Waals surface area contributed by atoms with E-state index in [2.05, 4.69) is 16.0 Å². The van der Waals surface area contributed by atoms with Gasteiger partial charge < -0.3 is 37.0 Å². The van der Waals surface area contributed by atoms with Crippen LogP contribution in [0.25, 0.3) is 0 Å². The van der Waals surface area contributed by atoms with Crippen molar-refractivity contribution in [3.8, 4) is 11.5 Å². The summed E-state index contributed by atoms with van der Waals surface area (Å²) in [6.07, 6.45) is 0.0445. The molecule has 2 aromatic carbocycles. The fourth-order valence-electron chi connectivity index (χ4n) is 3.07. The standard InChI is InChI=1S/C23H28N4O7/c1-13(21(31)27-19(23(33)34)11-15-4-8-17(29)9-5-15)25-22(32)18(26-20(30)12-24)10-14-2-6-16(28)7-3-14/h2-9,13,18-19,28-29H,10-12,24H2,1H3,(H,25,32)(H,26,30)(H,27,31)(H,33,34). The number of rotatable bonds is 11. The lowest BCUT2D eigenvalue weighted by atomic mass is 10.0. The molecule has 3 amide bonds. The molecule has 0 saturated heterocycles. The van der Waals surface area contributed by atoms with Crippen LogP contribution >= 0.6 is 0 Å². The van der Waals surface area contributed by atoms with Gasteiger partial charge in [0.15, 0.2) is 0 Å². The number of phenols is 2. The molecule has 2 rings (SSSR count). The number of aliphatic carboxylic acids is 1. The summed E-state index contributed by atoms with van der Waals surface area (Å²) in [4.78, 5) is 48.8. The first kappa shape index (κ1) is 26.1. The number of hydrogen-bond donors (Lipinski definition) is 7. The Morgan fingerprint density at radius 3 is 1.68 bits per heavy atom. The summed E-state index contributed by atoms with van der Waals surface area (Å²) in [5, 5.41) is 35.6. The first-order valence-corrected chi connectivity index (χ1v) is 10.5. The van der Waals surface area contributed by atoms with Gasteiger partial charge in [0.05, 0.1) is 6.54 Å². The molecule has 0 bridgehead atoms. The minimum absolute atomic E-state index is 0.0274. The zero-order valence-electron chi connectivity index (χ0n) is 18.5. The van der Waals surface area contributed by atoms with Gasteiger partial charge in [-0.05, 0) is 42.3 Å². The molecule has 0 aliphatic rings. The third kappa shape index (κ3) is 8.10. The summed E-state index contributed by atoms with van der Waals surface area (Å²) in [5.74, 6) is -3.16. The third-order valence-corrected chi connectivity index (χ3v) is 4.96. The normalized spacial score (nSPS) is 13.2. The second-order valence-electron chi connectivity index (χ2n) is 7.70. The van der Waals surface area contributed by atoms with Crippen molar-refractivity contribution in [2.24, 2.45) is 5.73 Å². The molecule has 0 saturated carbocycles. The van der Waals surface area contributed by atoms with Crippen molar-refractivity contribution in [1.29, 1.82) is 0 Å². The second kappa shape index (κ2) is 12.2. The maximum Gasteiger partial charge on any atom is 0.326 e. The van der Waals surface area contributed by atoms with Crippen LogP contribution in [0, 0.1) is 0 Å². The molecule has 182 valence electrons. The van der Waals surface area contributed by atoms with E-state index in [0.29, 0.717) is 11.1 Å². The predicted octanol–water partition coefficient (Wildman–Crippen LogP) is -0.599. The second-order valence-corrected chi connectivity index (χ2v) is 7.70. The van der Waals surface area contributed by atoms with Gasteiger partial charge >= 0.3 is 5.97 Å². The van der Waals surface area contributed by atoms with Crippen LogP contribution in [0.4, 0.5) is 0 Å². The highest BCUT2D eigenvalue weighted by Crippen LogP contribution is 2.13. The Hall–Kier alpha value is -4.12. The highest BCUT2D eigenvalue weighted by atomic mass is 16.4. The summed E-state index contributed by atoms with van der Waals surface area (Å²) in [5.41, 5.74) is 6.56. The highest BCUT2D eigenvalue weighted by Gasteiger charge is 2.27. The van der Waals surface area contributed by atoms with E-state index in [1.54, 1.807) is 12.1 Å². The Kier molecular flexibility index (Phi) is 9.38. The predicted molar refractivity (Wildman–Crippen MR) is 122 cm³/mol. The Morgan fingerprint density at radius 2 is 1.24 bits per heavy atom. The number of carboxylic acids is 1. The largest absolute Gasteiger partial charge is 0.508 e. The Bertz CT molecular complexity index is 1010. The van der Waals surface area contributed by atoms with Crippen LogP contribution in [-0.2, 0) is 32.0 Å². The molecule has 0 radical (unpaired) electrons. The number of nitrogens with two attached hydrogens (primary N) is 1. The van der Waals surface area contributed by atoms with Gasteiger partial charge in [-0.15, -0.1) is 0 Å². The fraction of sp³-hybridized carbons (Fsp3) is 0.304. The van der Waals surface area contributed by atoms with E-state index in [0.717, 1.165) is 0 Å². The molecule has 3 atom stereocenters. The zero-order chi connectivity index (χ0) is 25.3. The van der Waals surface area contributed by atoms with E-state index >= 15 is 0 Å². The summed E-state index contributed by atoms with van der Waals surface area (Å²) >= 11 is 0. The molecular weight excluding hydrogens is 444 g/mol. The van der Waals surface area contributed by atoms with E-state index < -0.39 is 41.8 Å². The van der Waals surface area contributed by atoms with Crippen LogP contribution in [0.15, 0.2) is 48.5 Å². The van der Waals surface area contributed by atoms with E-state index in [1.807, 2.05) is 0 Å². The number of phenolic OH excluding ortho intramolecular Hbond substituents is 2. The van der Waals surface area contributed by atoms with Crippen molar-refractivity contribution in [3.05, 3.63) is 59.7 Å². The van der Waals surface area contributed by atoms with Gasteiger partial charge in [-0.25, -0.2) is 4.79 Å². The van der Waals surface area contributed by atoms with Crippen LogP contribution < -0.4 is 21.7 Å². The summed E-state index contributed by atoms with van der Waals surface area (Å²) in [7, 11) is 0. The SMILES string of the molecule is CC(NC(=O)C(Cc1ccc(O)cc1)NC(=O)CN)C(=O)NC(Cc1ccc(O)cc1)C(=O)O. The van der Waals surface area contributed by atoms with Gasteiger partial charge in [-0.1, -0.05) is 24.3 Å². The number of nitrogens with one attached hydrogen (secondary N) is 3. The lowest BCUT2D eigenvalue weighted by Crippen LogP contribution is -2.56. The van der Waals surface area contributed by atoms with Crippen molar-refractivity contribution >= 4 is 23.7 Å². The summed E-state index contributed by atoms with van der Waals surface area (Å²) in [6, 6.07) is 8.51. The van der Waals surface area contributed by atoms with Gasteiger partial charge in [0.1, 0.15) is 29.6 Å². The third-order valence-electron chi connectivity index (χ3n) is 4.96. The molecule has 8 N–H and O–H groups in total. The smallest absolute Gasteiger partial charge is 0.326 e. The Morgan fingerprint density at radius 1 is 0.765 bits per heavy atom. The molecule has 0 aromatic heterocycles. The van der Waals surface area contributed by atoms with Crippen LogP contribution in [0.1, 0.15) is 18.1 Å². The maximum atomic E-state index is 12.8. The van der Waals surface area contributed by atoms with Gasteiger partial charge in [0, 0.05) is 12.8 Å². The lowest BCUT2D eigenvalue weighted by Gasteiger charge is -2.22. The number of carbonyl (C=O) groups is 4. The van der Waals surface area contributed by atoms with Crippen molar-refractivity contribution in [2.75, 3.05) is 6.54 Å². The summed E-state index contributed by atoms with van der Waals surface area (Å²) < 4.78 is 0. The van der Waals surface area contributed by atoms with Gasteiger partial charge in [-0.3, -0.25) is 14.4 Å². The number of amides is 3. The zero-order valence-corrected chi connectivity index (χ0v) is 18.5. The van der Waals surface area contributed by atoms with E-state index in [4.69, 9.17) is 5.73 Å². The van der Waals surface area contributed by atoms with E-state index in [9.17, 15) is 34.5 Å². The molecule has 0 aliphatic heterocycles. The van der Waals surface area contributed by atoms with Crippen LogP contribution in [0.3, 0.4) is 0 Å². The number of carboxylic acid groups (broad SMARTS) is 1. The molecule has 11 heteroatoms. The van der Waals surface area contributed by atoms with Crippen molar-refractivity contribution in [1.82, 2.24) is 16.0 Å². The molecule has 0 fully saturated rings. The molecule has 34 heavy (non-hydrogen) atoms. The average Bonchev–Trinajstić information content (AvgIpc) is 2.80. The molecular formula is C23H28N4O7. The number of benzene rings is 2. The van der Waals surface area contributed by atoms with Crippen molar-refractivity contribution in [2.45, 2.75) is 37.9 Å². The lowest BCUT2D eigenvalue weighted by molar-refractivity contribution is -0.142. The molecule has 2 aromatic rings.